The molecule has 0 radical (unpaired) electrons. The van der Waals surface area contributed by atoms with E-state index in [9.17, 15) is 9.59 Å². The molecule has 6 nitrogen and oxygen atoms in total. The minimum Gasteiger partial charge on any atom is -0.494 e. The van der Waals surface area contributed by atoms with E-state index in [4.69, 9.17) is 14.5 Å². The number of carbonyl (C=O) groups excluding carboxylic acids is 2. The molecule has 0 fully saturated rings. The van der Waals surface area contributed by atoms with Crippen LogP contribution in [0.5, 0.6) is 5.75 Å². The number of nitrogens with one attached hydrogen (secondary N) is 1. The molecule has 6 rings (SSSR count). The Bertz CT molecular complexity index is 1760. The smallest absolute Gasteiger partial charge is 0.341 e. The highest BCUT2D eigenvalue weighted by Gasteiger charge is 2.30. The van der Waals surface area contributed by atoms with Gasteiger partial charge in [-0.3, -0.25) is 4.79 Å². The van der Waals surface area contributed by atoms with Crippen molar-refractivity contribution >= 4 is 39.1 Å². The SMILES string of the molecule is CCCOc1cccc(-c2cc(C(=O)Nc3sc4c(c3C(=O)OC)-c3ccccc3CC4)c3ccccc3n2)c1. The largest absolute Gasteiger partial charge is 0.494 e. The summed E-state index contributed by atoms with van der Waals surface area (Å²) in [6.45, 7) is 2.69. The molecule has 1 N–H and O–H groups in total. The number of benzene rings is 3. The lowest BCUT2D eigenvalue weighted by Crippen LogP contribution is -2.15. The Kier molecular flexibility index (Phi) is 7.05. The van der Waals surface area contributed by atoms with Gasteiger partial charge in [-0.2, -0.15) is 0 Å². The molecular formula is C33H28N2O4S. The summed E-state index contributed by atoms with van der Waals surface area (Å²) in [4.78, 5) is 32.9. The van der Waals surface area contributed by atoms with Crippen molar-refractivity contribution in [1.82, 2.24) is 4.98 Å². The standard InChI is InChI=1S/C33H28N2O4S/c1-3-17-39-22-11-8-10-21(18-22)27-19-25(24-13-6-7-14-26(24)34-27)31(36)35-32-30(33(37)38-2)29-23-12-5-4-9-20(23)15-16-28(29)40-32/h4-14,18-19H,3,15-17H2,1-2H3,(H,35,36). The number of thiophene rings is 1. The van der Waals surface area contributed by atoms with Crippen LogP contribution in [0.3, 0.4) is 0 Å². The fourth-order valence-electron chi connectivity index (χ4n) is 5.20. The predicted octanol–water partition coefficient (Wildman–Crippen LogP) is 7.56. The van der Waals surface area contributed by atoms with Crippen molar-refractivity contribution in [2.45, 2.75) is 26.2 Å². The van der Waals surface area contributed by atoms with Gasteiger partial charge in [0.1, 0.15) is 16.3 Å². The highest BCUT2D eigenvalue weighted by molar-refractivity contribution is 7.17. The molecule has 0 atom stereocenters. The molecular weight excluding hydrogens is 520 g/mol. The number of methoxy groups -OCH3 is 1. The number of anilines is 1. The van der Waals surface area contributed by atoms with Gasteiger partial charge in [-0.25, -0.2) is 9.78 Å². The minimum atomic E-state index is -0.464. The van der Waals surface area contributed by atoms with Crippen molar-refractivity contribution in [3.05, 3.63) is 100 Å². The Morgan fingerprint density at radius 2 is 1.80 bits per heavy atom. The van der Waals surface area contributed by atoms with Gasteiger partial charge in [0, 0.05) is 21.4 Å². The maximum absolute atomic E-state index is 13.9. The number of amides is 1. The van der Waals surface area contributed by atoms with Crippen LogP contribution in [-0.2, 0) is 17.6 Å². The number of ether oxygens (including phenoxy) is 2. The average molecular weight is 549 g/mol. The van der Waals surface area contributed by atoms with Crippen molar-refractivity contribution < 1.29 is 19.1 Å². The van der Waals surface area contributed by atoms with Gasteiger partial charge in [0.2, 0.25) is 0 Å². The first kappa shape index (κ1) is 25.8. The summed E-state index contributed by atoms with van der Waals surface area (Å²) in [6, 6.07) is 25.2. The molecule has 0 aliphatic heterocycles. The summed E-state index contributed by atoms with van der Waals surface area (Å²) in [5.74, 6) is -0.0172. The topological polar surface area (TPSA) is 77.5 Å². The van der Waals surface area contributed by atoms with E-state index in [0.717, 1.165) is 52.0 Å². The fourth-order valence-corrected chi connectivity index (χ4v) is 6.40. The number of pyridine rings is 1. The molecule has 0 bridgehead atoms. The molecule has 0 spiro atoms. The molecule has 200 valence electrons. The van der Waals surface area contributed by atoms with Crippen molar-refractivity contribution in [2.24, 2.45) is 0 Å². The zero-order valence-electron chi connectivity index (χ0n) is 22.3. The molecule has 0 saturated carbocycles. The van der Waals surface area contributed by atoms with Crippen LogP contribution in [0.2, 0.25) is 0 Å². The van der Waals surface area contributed by atoms with Crippen LogP contribution in [0.1, 0.15) is 44.5 Å². The van der Waals surface area contributed by atoms with Crippen LogP contribution in [0.15, 0.2) is 78.9 Å². The van der Waals surface area contributed by atoms with Gasteiger partial charge in [-0.1, -0.05) is 61.5 Å². The third-order valence-corrected chi connectivity index (χ3v) is 8.23. The van der Waals surface area contributed by atoms with Gasteiger partial charge in [0.05, 0.1) is 30.5 Å². The van der Waals surface area contributed by atoms with Gasteiger partial charge in [-0.05, 0) is 54.7 Å². The Morgan fingerprint density at radius 3 is 2.65 bits per heavy atom. The lowest BCUT2D eigenvalue weighted by Gasteiger charge is -2.17. The van der Waals surface area contributed by atoms with E-state index in [1.165, 1.54) is 24.0 Å². The van der Waals surface area contributed by atoms with Crippen LogP contribution >= 0.6 is 11.3 Å². The van der Waals surface area contributed by atoms with Crippen LogP contribution in [0.4, 0.5) is 5.00 Å². The average Bonchev–Trinajstić information content (AvgIpc) is 3.37. The second-order valence-corrected chi connectivity index (χ2v) is 10.8. The van der Waals surface area contributed by atoms with E-state index >= 15 is 0 Å². The maximum Gasteiger partial charge on any atom is 0.341 e. The zero-order chi connectivity index (χ0) is 27.6. The first-order valence-electron chi connectivity index (χ1n) is 13.3. The molecule has 40 heavy (non-hydrogen) atoms. The molecule has 0 saturated heterocycles. The van der Waals surface area contributed by atoms with Crippen molar-refractivity contribution in [2.75, 3.05) is 19.0 Å². The number of hydrogen-bond donors (Lipinski definition) is 1. The van der Waals surface area contributed by atoms with Gasteiger partial charge < -0.3 is 14.8 Å². The van der Waals surface area contributed by atoms with E-state index in [0.29, 0.717) is 33.9 Å². The number of esters is 1. The normalized spacial score (nSPS) is 11.9. The van der Waals surface area contributed by atoms with E-state index in [2.05, 4.69) is 18.3 Å². The predicted molar refractivity (Wildman–Crippen MR) is 159 cm³/mol. The van der Waals surface area contributed by atoms with Gasteiger partial charge >= 0.3 is 5.97 Å². The third-order valence-electron chi connectivity index (χ3n) is 7.07. The number of aromatic nitrogens is 1. The highest BCUT2D eigenvalue weighted by Crippen LogP contribution is 2.45. The molecule has 1 aliphatic rings. The Balaban J connectivity index is 1.43. The highest BCUT2D eigenvalue weighted by atomic mass is 32.1. The number of para-hydroxylation sites is 1. The Hall–Kier alpha value is -4.49. The van der Waals surface area contributed by atoms with Crippen molar-refractivity contribution in [1.29, 1.82) is 0 Å². The molecule has 5 aromatic rings. The Labute approximate surface area is 236 Å². The molecule has 1 aliphatic carbocycles. The van der Waals surface area contributed by atoms with E-state index in [1.807, 2.05) is 66.7 Å². The van der Waals surface area contributed by atoms with Crippen LogP contribution in [-0.4, -0.2) is 30.6 Å². The lowest BCUT2D eigenvalue weighted by atomic mass is 9.88. The van der Waals surface area contributed by atoms with Crippen LogP contribution in [0, 0.1) is 0 Å². The third kappa shape index (κ3) is 4.73. The number of aryl methyl sites for hydroxylation is 2. The number of carbonyl (C=O) groups is 2. The quantitative estimate of drug-likeness (QED) is 0.212. The van der Waals surface area contributed by atoms with Crippen LogP contribution in [0.25, 0.3) is 33.3 Å². The molecule has 0 unspecified atom stereocenters. The number of fused-ring (bicyclic) bond motifs is 4. The monoisotopic (exact) mass is 548 g/mol. The second kappa shape index (κ2) is 10.9. The summed E-state index contributed by atoms with van der Waals surface area (Å²) in [6.07, 6.45) is 2.60. The Morgan fingerprint density at radius 1 is 0.975 bits per heavy atom. The van der Waals surface area contributed by atoms with Gasteiger partial charge in [0.25, 0.3) is 5.91 Å². The van der Waals surface area contributed by atoms with Crippen molar-refractivity contribution in [3.8, 4) is 28.1 Å². The molecule has 2 aromatic heterocycles. The zero-order valence-corrected chi connectivity index (χ0v) is 23.1. The first-order valence-corrected chi connectivity index (χ1v) is 14.2. The fraction of sp³-hybridized carbons (Fsp3) is 0.182. The molecule has 1 amide bonds. The summed E-state index contributed by atoms with van der Waals surface area (Å²) in [5.41, 5.74) is 6.17. The van der Waals surface area contributed by atoms with E-state index < -0.39 is 5.97 Å². The minimum absolute atomic E-state index is 0.310. The summed E-state index contributed by atoms with van der Waals surface area (Å²) >= 11 is 1.44. The molecule has 7 heteroatoms. The van der Waals surface area contributed by atoms with Gasteiger partial charge in [0.15, 0.2) is 0 Å². The van der Waals surface area contributed by atoms with Crippen LogP contribution < -0.4 is 10.1 Å². The maximum atomic E-state index is 13.9. The van der Waals surface area contributed by atoms with Gasteiger partial charge in [-0.15, -0.1) is 11.3 Å². The molecule has 3 aromatic carbocycles. The number of rotatable bonds is 7. The summed E-state index contributed by atoms with van der Waals surface area (Å²) in [7, 11) is 1.37. The van der Waals surface area contributed by atoms with E-state index in [1.54, 1.807) is 6.07 Å². The first-order chi connectivity index (χ1) is 19.6. The van der Waals surface area contributed by atoms with Crippen molar-refractivity contribution in [3.63, 3.8) is 0 Å². The number of nitrogens with zero attached hydrogens (tertiary/aromatic N) is 1. The number of hydrogen-bond acceptors (Lipinski definition) is 6. The summed E-state index contributed by atoms with van der Waals surface area (Å²) < 4.78 is 11.0. The molecule has 2 heterocycles. The summed E-state index contributed by atoms with van der Waals surface area (Å²) in [5, 5.41) is 4.29. The van der Waals surface area contributed by atoms with E-state index in [-0.39, 0.29) is 5.91 Å². The second-order valence-electron chi connectivity index (χ2n) is 9.66. The lowest BCUT2D eigenvalue weighted by molar-refractivity contribution is 0.0603.